The lowest BCUT2D eigenvalue weighted by molar-refractivity contribution is -0.136. The molecule has 0 aliphatic carbocycles. The van der Waals surface area contributed by atoms with E-state index in [4.69, 9.17) is 4.74 Å². The molecule has 2 N–H and O–H groups in total. The van der Waals surface area contributed by atoms with E-state index in [1.807, 2.05) is 0 Å². The molecule has 0 spiro atoms. The molecule has 1 aliphatic rings. The van der Waals surface area contributed by atoms with Crippen LogP contribution in [0.3, 0.4) is 0 Å². The average molecular weight is 357 g/mol. The quantitative estimate of drug-likeness (QED) is 0.771. The number of benzene rings is 1. The number of hydrogen-bond acceptors (Lipinski definition) is 6. The van der Waals surface area contributed by atoms with E-state index < -0.39 is 23.1 Å². The zero-order chi connectivity index (χ0) is 19.2. The van der Waals surface area contributed by atoms with Crippen LogP contribution in [-0.2, 0) is 23.6 Å². The van der Waals surface area contributed by atoms with E-state index in [-0.39, 0.29) is 16.9 Å². The number of nitrogens with zero attached hydrogens (tertiary/aromatic N) is 2. The van der Waals surface area contributed by atoms with Crippen LogP contribution in [0.15, 0.2) is 45.1 Å². The molecule has 0 radical (unpaired) electrons. The fourth-order valence-corrected chi connectivity index (χ4v) is 3.31. The minimum atomic E-state index is -0.781. The first-order valence-corrected chi connectivity index (χ1v) is 7.92. The summed E-state index contributed by atoms with van der Waals surface area (Å²) in [6, 6.07) is 6.32. The van der Waals surface area contributed by atoms with Gasteiger partial charge < -0.3 is 15.2 Å². The summed E-state index contributed by atoms with van der Waals surface area (Å²) in [6.07, 6.45) is 0. The van der Waals surface area contributed by atoms with Gasteiger partial charge in [0.15, 0.2) is 0 Å². The lowest BCUT2D eigenvalue weighted by atomic mass is 9.82. The Morgan fingerprint density at radius 2 is 1.92 bits per heavy atom. The van der Waals surface area contributed by atoms with E-state index in [1.54, 1.807) is 26.1 Å². The minimum Gasteiger partial charge on any atom is -0.508 e. The predicted molar refractivity (Wildman–Crippen MR) is 95.2 cm³/mol. The number of carbonyl (C=O) groups excluding carboxylic acids is 1. The summed E-state index contributed by atoms with van der Waals surface area (Å²) >= 11 is 0. The van der Waals surface area contributed by atoms with Crippen molar-refractivity contribution in [2.24, 2.45) is 14.1 Å². The molecule has 1 aromatic heterocycles. The summed E-state index contributed by atoms with van der Waals surface area (Å²) in [4.78, 5) is 37.6. The number of anilines is 1. The number of rotatable bonds is 2. The molecule has 1 aromatic carbocycles. The molecular weight excluding hydrogens is 338 g/mol. The van der Waals surface area contributed by atoms with Crippen molar-refractivity contribution in [3.63, 3.8) is 0 Å². The standard InChI is InChI=1S/C18H19N3O5/c1-9-12(17(24)26-4)13(10-6-5-7-11(22)8-10)14-15(19-9)20(2)18(25)21(3)16(14)23/h5-8,13,19,22H,1-4H3/t13-/m0/s1. The van der Waals surface area contributed by atoms with Crippen LogP contribution in [0, 0.1) is 0 Å². The van der Waals surface area contributed by atoms with Gasteiger partial charge in [-0.25, -0.2) is 9.59 Å². The molecule has 1 atom stereocenters. The van der Waals surface area contributed by atoms with Crippen LogP contribution < -0.4 is 16.6 Å². The Morgan fingerprint density at radius 1 is 1.23 bits per heavy atom. The van der Waals surface area contributed by atoms with Crippen molar-refractivity contribution in [3.05, 3.63) is 67.5 Å². The molecule has 8 nitrogen and oxygen atoms in total. The van der Waals surface area contributed by atoms with E-state index in [0.29, 0.717) is 17.1 Å². The molecule has 0 saturated heterocycles. The first-order chi connectivity index (χ1) is 12.3. The maximum Gasteiger partial charge on any atom is 0.336 e. The van der Waals surface area contributed by atoms with Gasteiger partial charge in [-0.05, 0) is 24.6 Å². The second-order valence-corrected chi connectivity index (χ2v) is 6.15. The van der Waals surface area contributed by atoms with Crippen LogP contribution >= 0.6 is 0 Å². The molecular formula is C18H19N3O5. The maximum absolute atomic E-state index is 12.9. The van der Waals surface area contributed by atoms with Crippen molar-refractivity contribution >= 4 is 11.8 Å². The number of carbonyl (C=O) groups is 1. The smallest absolute Gasteiger partial charge is 0.336 e. The van der Waals surface area contributed by atoms with Crippen molar-refractivity contribution < 1.29 is 14.6 Å². The number of fused-ring (bicyclic) bond motifs is 1. The topological polar surface area (TPSA) is 103 Å². The van der Waals surface area contributed by atoms with Crippen LogP contribution in [0.5, 0.6) is 5.75 Å². The largest absolute Gasteiger partial charge is 0.508 e. The second kappa shape index (κ2) is 6.21. The van der Waals surface area contributed by atoms with Crippen molar-refractivity contribution in [2.45, 2.75) is 12.8 Å². The third kappa shape index (κ3) is 2.50. The first kappa shape index (κ1) is 17.5. The van der Waals surface area contributed by atoms with Crippen LogP contribution in [0.4, 0.5) is 5.82 Å². The molecule has 0 amide bonds. The van der Waals surface area contributed by atoms with Gasteiger partial charge >= 0.3 is 11.7 Å². The van der Waals surface area contributed by atoms with Gasteiger partial charge in [-0.1, -0.05) is 12.1 Å². The van der Waals surface area contributed by atoms with Gasteiger partial charge in [-0.2, -0.15) is 0 Å². The number of phenols is 1. The fourth-order valence-electron chi connectivity index (χ4n) is 3.31. The Hall–Kier alpha value is -3.29. The number of hydrogen-bond donors (Lipinski definition) is 2. The van der Waals surface area contributed by atoms with Crippen LogP contribution in [0.1, 0.15) is 24.0 Å². The highest BCUT2D eigenvalue weighted by atomic mass is 16.5. The highest BCUT2D eigenvalue weighted by Gasteiger charge is 2.37. The van der Waals surface area contributed by atoms with Crippen molar-refractivity contribution in [1.29, 1.82) is 0 Å². The summed E-state index contributed by atoms with van der Waals surface area (Å²) in [7, 11) is 4.19. The van der Waals surface area contributed by atoms with Gasteiger partial charge in [0.05, 0.1) is 24.2 Å². The molecule has 0 unspecified atom stereocenters. The highest BCUT2D eigenvalue weighted by molar-refractivity contribution is 5.94. The van der Waals surface area contributed by atoms with Gasteiger partial charge in [0.25, 0.3) is 5.56 Å². The van der Waals surface area contributed by atoms with Crippen LogP contribution in [0.25, 0.3) is 0 Å². The predicted octanol–water partition coefficient (Wildman–Crippen LogP) is 0.794. The molecule has 2 aromatic rings. The minimum absolute atomic E-state index is 0.00564. The van der Waals surface area contributed by atoms with Gasteiger partial charge in [0.2, 0.25) is 0 Å². The second-order valence-electron chi connectivity index (χ2n) is 6.15. The van der Waals surface area contributed by atoms with Gasteiger partial charge in [-0.15, -0.1) is 0 Å². The average Bonchev–Trinajstić information content (AvgIpc) is 2.63. The van der Waals surface area contributed by atoms with Gasteiger partial charge in [0.1, 0.15) is 11.6 Å². The monoisotopic (exact) mass is 357 g/mol. The molecule has 136 valence electrons. The van der Waals surface area contributed by atoms with E-state index in [9.17, 15) is 19.5 Å². The van der Waals surface area contributed by atoms with E-state index in [0.717, 1.165) is 4.57 Å². The maximum atomic E-state index is 12.9. The third-order valence-corrected chi connectivity index (χ3v) is 4.60. The molecule has 26 heavy (non-hydrogen) atoms. The molecule has 0 bridgehead atoms. The summed E-state index contributed by atoms with van der Waals surface area (Å²) in [5, 5.41) is 12.9. The van der Waals surface area contributed by atoms with Crippen LogP contribution in [-0.4, -0.2) is 27.3 Å². The Bertz CT molecular complexity index is 1060. The lowest BCUT2D eigenvalue weighted by Crippen LogP contribution is -2.43. The summed E-state index contributed by atoms with van der Waals surface area (Å²) in [5.41, 5.74) is 0.514. The van der Waals surface area contributed by atoms with E-state index in [2.05, 4.69) is 5.32 Å². The molecule has 0 saturated carbocycles. The highest BCUT2D eigenvalue weighted by Crippen LogP contribution is 2.40. The number of nitrogens with one attached hydrogen (secondary N) is 1. The zero-order valence-electron chi connectivity index (χ0n) is 14.9. The Balaban J connectivity index is 2.43. The third-order valence-electron chi connectivity index (χ3n) is 4.60. The number of ether oxygens (including phenoxy) is 1. The molecule has 0 fully saturated rings. The Kier molecular flexibility index (Phi) is 4.19. The van der Waals surface area contributed by atoms with Gasteiger partial charge in [0, 0.05) is 19.8 Å². The molecule has 2 heterocycles. The zero-order valence-corrected chi connectivity index (χ0v) is 14.9. The van der Waals surface area contributed by atoms with Crippen LogP contribution in [0.2, 0.25) is 0 Å². The Labute approximate surface area is 149 Å². The molecule has 8 heteroatoms. The normalized spacial score (nSPS) is 16.1. The van der Waals surface area contributed by atoms with Crippen molar-refractivity contribution in [2.75, 3.05) is 12.4 Å². The molecule has 1 aliphatic heterocycles. The first-order valence-electron chi connectivity index (χ1n) is 7.92. The summed E-state index contributed by atoms with van der Waals surface area (Å²) in [6.45, 7) is 1.67. The number of aromatic nitrogens is 2. The number of aromatic hydroxyl groups is 1. The SMILES string of the molecule is COC(=O)C1=C(C)Nc2c(c(=O)n(C)c(=O)n2C)[C@H]1c1cccc(O)c1. The van der Waals surface area contributed by atoms with Crippen molar-refractivity contribution in [1.82, 2.24) is 9.13 Å². The number of methoxy groups -OCH3 is 1. The fraction of sp³-hybridized carbons (Fsp3) is 0.278. The number of esters is 1. The molecule has 3 rings (SSSR count). The Morgan fingerprint density at radius 3 is 2.54 bits per heavy atom. The number of allylic oxidation sites excluding steroid dienone is 1. The summed E-state index contributed by atoms with van der Waals surface area (Å²) in [5.74, 6) is -1.05. The number of phenolic OH excluding ortho intramolecular Hbond substituents is 1. The summed E-state index contributed by atoms with van der Waals surface area (Å²) < 4.78 is 7.22. The lowest BCUT2D eigenvalue weighted by Gasteiger charge is -2.30. The van der Waals surface area contributed by atoms with E-state index >= 15 is 0 Å². The van der Waals surface area contributed by atoms with Gasteiger partial charge in [-0.3, -0.25) is 13.9 Å². The van der Waals surface area contributed by atoms with E-state index in [1.165, 1.54) is 30.9 Å². The van der Waals surface area contributed by atoms with Crippen molar-refractivity contribution in [3.8, 4) is 5.75 Å².